The quantitative estimate of drug-likeness (QED) is 0.633. The van der Waals surface area contributed by atoms with Crippen LogP contribution in [0.4, 0.5) is 22.0 Å². The van der Waals surface area contributed by atoms with Crippen molar-refractivity contribution >= 4 is 0 Å². The van der Waals surface area contributed by atoms with E-state index in [2.05, 4.69) is 4.74 Å². The van der Waals surface area contributed by atoms with E-state index in [1.165, 1.54) is 19.1 Å². The molecule has 0 radical (unpaired) electrons. The highest BCUT2D eigenvalue weighted by Crippen LogP contribution is 2.43. The van der Waals surface area contributed by atoms with Crippen molar-refractivity contribution in [3.05, 3.63) is 46.8 Å². The van der Waals surface area contributed by atoms with E-state index in [0.29, 0.717) is 42.6 Å². The van der Waals surface area contributed by atoms with E-state index >= 15 is 0 Å². The van der Waals surface area contributed by atoms with E-state index in [9.17, 15) is 27.1 Å². The van der Waals surface area contributed by atoms with Gasteiger partial charge in [0.15, 0.2) is 11.5 Å². The van der Waals surface area contributed by atoms with Crippen molar-refractivity contribution < 1.29 is 31.8 Å². The van der Waals surface area contributed by atoms with Crippen molar-refractivity contribution in [3.63, 3.8) is 0 Å². The fourth-order valence-electron chi connectivity index (χ4n) is 3.81. The Morgan fingerprint density at radius 2 is 1.90 bits per heavy atom. The van der Waals surface area contributed by atoms with Gasteiger partial charge in [0.25, 0.3) is 0 Å². The van der Waals surface area contributed by atoms with Crippen LogP contribution in [0.3, 0.4) is 0 Å². The van der Waals surface area contributed by atoms with Crippen molar-refractivity contribution in [3.8, 4) is 11.5 Å². The molecule has 1 aromatic carbocycles. The predicted molar refractivity (Wildman–Crippen MR) is 99.1 cm³/mol. The molecule has 2 aliphatic rings. The van der Waals surface area contributed by atoms with E-state index in [1.54, 1.807) is 0 Å². The van der Waals surface area contributed by atoms with Gasteiger partial charge in [-0.3, -0.25) is 4.90 Å². The fraction of sp³-hybridized carbons (Fsp3) is 0.524. The number of ether oxygens (including phenoxy) is 1. The van der Waals surface area contributed by atoms with E-state index in [4.69, 9.17) is 0 Å². The number of hydrogen-bond donors (Lipinski definition) is 1. The zero-order valence-electron chi connectivity index (χ0n) is 16.5. The molecule has 160 valence electrons. The van der Waals surface area contributed by atoms with Crippen LogP contribution in [0.15, 0.2) is 41.2 Å². The number of alkyl halides is 4. The van der Waals surface area contributed by atoms with E-state index in [0.717, 1.165) is 12.1 Å². The van der Waals surface area contributed by atoms with Gasteiger partial charge in [0.1, 0.15) is 11.5 Å². The fourth-order valence-corrected chi connectivity index (χ4v) is 3.81. The number of nitrogens with zero attached hydrogens (tertiary/aromatic N) is 1. The molecule has 1 unspecified atom stereocenters. The summed E-state index contributed by atoms with van der Waals surface area (Å²) >= 11 is 0. The van der Waals surface area contributed by atoms with Crippen molar-refractivity contribution in [1.82, 2.24) is 4.90 Å². The Morgan fingerprint density at radius 1 is 1.21 bits per heavy atom. The Kier molecular flexibility index (Phi) is 5.45. The molecule has 29 heavy (non-hydrogen) atoms. The molecule has 1 atom stereocenters. The van der Waals surface area contributed by atoms with Crippen LogP contribution in [-0.4, -0.2) is 40.7 Å². The average Bonchev–Trinajstić information content (AvgIpc) is 3.06. The summed E-state index contributed by atoms with van der Waals surface area (Å²) < 4.78 is 70.2. The minimum Gasteiger partial charge on any atom is -0.504 e. The lowest BCUT2D eigenvalue weighted by Crippen LogP contribution is -2.44. The van der Waals surface area contributed by atoms with Crippen LogP contribution in [0.1, 0.15) is 39.2 Å². The lowest BCUT2D eigenvalue weighted by molar-refractivity contribution is -0.275. The lowest BCUT2D eigenvalue weighted by Gasteiger charge is -2.36. The van der Waals surface area contributed by atoms with Crippen LogP contribution < -0.4 is 4.74 Å². The van der Waals surface area contributed by atoms with Gasteiger partial charge in [0, 0.05) is 30.6 Å². The molecular formula is C21H24F5NO2. The van der Waals surface area contributed by atoms with E-state index < -0.39 is 29.1 Å². The lowest BCUT2D eigenvalue weighted by atomic mass is 9.87. The Bertz CT molecular complexity index is 855. The summed E-state index contributed by atoms with van der Waals surface area (Å²) in [6.45, 7) is 5.95. The summed E-state index contributed by atoms with van der Waals surface area (Å²) in [5.41, 5.74) is -0.586. The normalized spacial score (nSPS) is 23.2. The van der Waals surface area contributed by atoms with E-state index in [1.807, 2.05) is 18.7 Å². The Labute approximate surface area is 166 Å². The van der Waals surface area contributed by atoms with Gasteiger partial charge < -0.3 is 9.84 Å². The highest BCUT2D eigenvalue weighted by atomic mass is 19.4. The van der Waals surface area contributed by atoms with Gasteiger partial charge in [-0.05, 0) is 63.0 Å². The van der Waals surface area contributed by atoms with Crippen molar-refractivity contribution in [2.45, 2.75) is 57.6 Å². The standard InChI is InChI=1S/C21H24F5NO2/c1-19(2,27-11-14-15(12-27)20(3,23)9-7-16(14)22)8-6-13-4-5-17(28)18(10-13)29-21(24,25)26/h4-5,7,10,28H,6,8-9,11-12H2,1-3H3. The number of phenolic OH excluding ortho intramolecular Hbond substituents is 1. The third kappa shape index (κ3) is 4.74. The molecule has 0 saturated heterocycles. The van der Waals surface area contributed by atoms with Crippen molar-refractivity contribution in [1.29, 1.82) is 0 Å². The molecule has 1 N–H and O–H groups in total. The summed E-state index contributed by atoms with van der Waals surface area (Å²) in [4.78, 5) is 1.99. The Balaban J connectivity index is 1.69. The molecule has 0 saturated carbocycles. The molecule has 3 rings (SSSR count). The number of benzene rings is 1. The molecule has 0 bridgehead atoms. The maximum atomic E-state index is 14.8. The number of aryl methyl sites for hydroxylation is 1. The first-order valence-electron chi connectivity index (χ1n) is 9.39. The SMILES string of the molecule is CC1(F)CC=C(F)C2=C1CN(C(C)(C)CCc1ccc(O)c(OC(F)(F)F)c1)C2. The number of halogens is 5. The molecule has 1 aromatic rings. The maximum absolute atomic E-state index is 14.8. The van der Waals surface area contributed by atoms with Crippen LogP contribution >= 0.6 is 0 Å². The van der Waals surface area contributed by atoms with Crippen LogP contribution in [0.5, 0.6) is 11.5 Å². The second kappa shape index (κ2) is 7.31. The second-order valence-corrected chi connectivity index (χ2v) is 8.43. The summed E-state index contributed by atoms with van der Waals surface area (Å²) in [5, 5.41) is 9.58. The molecule has 1 heterocycles. The predicted octanol–water partition coefficient (Wildman–Crippen LogP) is 5.60. The van der Waals surface area contributed by atoms with Gasteiger partial charge in [-0.2, -0.15) is 0 Å². The molecule has 0 fully saturated rings. The number of aromatic hydroxyl groups is 1. The largest absolute Gasteiger partial charge is 0.573 e. The molecule has 0 amide bonds. The van der Waals surface area contributed by atoms with Crippen LogP contribution in [-0.2, 0) is 6.42 Å². The molecule has 0 aromatic heterocycles. The highest BCUT2D eigenvalue weighted by Gasteiger charge is 2.43. The van der Waals surface area contributed by atoms with Crippen LogP contribution in [0, 0.1) is 0 Å². The Morgan fingerprint density at radius 3 is 2.52 bits per heavy atom. The monoisotopic (exact) mass is 417 g/mol. The van der Waals surface area contributed by atoms with E-state index in [-0.39, 0.29) is 12.2 Å². The second-order valence-electron chi connectivity index (χ2n) is 8.43. The summed E-state index contributed by atoms with van der Waals surface area (Å²) in [5.74, 6) is -1.61. The van der Waals surface area contributed by atoms with Crippen LogP contribution in [0.25, 0.3) is 0 Å². The molecule has 0 spiro atoms. The van der Waals surface area contributed by atoms with Crippen molar-refractivity contribution in [2.24, 2.45) is 0 Å². The number of rotatable bonds is 5. The van der Waals surface area contributed by atoms with Gasteiger partial charge in [-0.15, -0.1) is 13.2 Å². The average molecular weight is 417 g/mol. The summed E-state index contributed by atoms with van der Waals surface area (Å²) in [6, 6.07) is 3.85. The first kappa shape index (κ1) is 21.6. The van der Waals surface area contributed by atoms with Crippen molar-refractivity contribution in [2.75, 3.05) is 13.1 Å². The van der Waals surface area contributed by atoms with Crippen LogP contribution in [0.2, 0.25) is 0 Å². The number of phenols is 1. The van der Waals surface area contributed by atoms with Gasteiger partial charge in [-0.1, -0.05) is 6.07 Å². The summed E-state index contributed by atoms with van der Waals surface area (Å²) in [7, 11) is 0. The minimum atomic E-state index is -4.90. The summed E-state index contributed by atoms with van der Waals surface area (Å²) in [6.07, 6.45) is -2.65. The smallest absolute Gasteiger partial charge is 0.504 e. The van der Waals surface area contributed by atoms with Gasteiger partial charge in [0.05, 0.1) is 0 Å². The third-order valence-electron chi connectivity index (χ3n) is 5.78. The third-order valence-corrected chi connectivity index (χ3v) is 5.78. The molecule has 8 heteroatoms. The molecule has 3 nitrogen and oxygen atoms in total. The van der Waals surface area contributed by atoms with Gasteiger partial charge >= 0.3 is 6.36 Å². The highest BCUT2D eigenvalue weighted by molar-refractivity contribution is 5.45. The number of allylic oxidation sites excluding steroid dienone is 1. The number of hydrogen-bond acceptors (Lipinski definition) is 3. The molecule has 1 aliphatic heterocycles. The first-order chi connectivity index (χ1) is 13.3. The maximum Gasteiger partial charge on any atom is 0.573 e. The molecule has 1 aliphatic carbocycles. The zero-order valence-corrected chi connectivity index (χ0v) is 16.5. The van der Waals surface area contributed by atoms with Gasteiger partial charge in [-0.25, -0.2) is 8.78 Å². The topological polar surface area (TPSA) is 32.7 Å². The van der Waals surface area contributed by atoms with Gasteiger partial charge in [0.2, 0.25) is 0 Å². The Hall–Kier alpha value is -2.09. The minimum absolute atomic E-state index is 0.0153. The molecular weight excluding hydrogens is 393 g/mol. The first-order valence-corrected chi connectivity index (χ1v) is 9.39. The zero-order chi connectivity index (χ0) is 21.6.